The summed E-state index contributed by atoms with van der Waals surface area (Å²) in [5, 5.41) is 3.49. The van der Waals surface area contributed by atoms with E-state index in [4.69, 9.17) is 0 Å². The minimum Gasteiger partial charge on any atom is -0.310 e. The molecule has 0 aliphatic heterocycles. The van der Waals surface area contributed by atoms with E-state index in [1.165, 1.54) is 15.2 Å². The first-order valence-electron chi connectivity index (χ1n) is 6.64. The fraction of sp³-hybridized carbons (Fsp3) is 0.250. The van der Waals surface area contributed by atoms with Gasteiger partial charge in [-0.1, -0.05) is 35.0 Å². The van der Waals surface area contributed by atoms with Crippen LogP contribution in [0.5, 0.6) is 0 Å². The zero-order valence-electron chi connectivity index (χ0n) is 11.5. The molecule has 0 aromatic heterocycles. The van der Waals surface area contributed by atoms with Crippen LogP contribution in [-0.2, 0) is 6.42 Å². The van der Waals surface area contributed by atoms with Gasteiger partial charge < -0.3 is 5.32 Å². The van der Waals surface area contributed by atoms with E-state index >= 15 is 0 Å². The van der Waals surface area contributed by atoms with Crippen LogP contribution in [0.2, 0.25) is 0 Å². The highest BCUT2D eigenvalue weighted by Crippen LogP contribution is 2.29. The molecular formula is C16H15Br2FIN. The number of hydrogen-bond donors (Lipinski definition) is 1. The highest BCUT2D eigenvalue weighted by atomic mass is 127. The molecule has 1 N–H and O–H groups in total. The molecule has 0 bridgehead atoms. The summed E-state index contributed by atoms with van der Waals surface area (Å²) in [7, 11) is 0. The van der Waals surface area contributed by atoms with Gasteiger partial charge in [-0.25, -0.2) is 4.39 Å². The average Bonchev–Trinajstić information content (AvgIpc) is 2.46. The Bertz CT molecular complexity index is 634. The van der Waals surface area contributed by atoms with Crippen LogP contribution < -0.4 is 5.32 Å². The molecule has 1 unspecified atom stereocenters. The maximum absolute atomic E-state index is 13.7. The average molecular weight is 527 g/mol. The number of nitrogens with one attached hydrogen (secondary N) is 1. The Morgan fingerprint density at radius 3 is 2.71 bits per heavy atom. The van der Waals surface area contributed by atoms with Gasteiger partial charge in [-0.2, -0.15) is 0 Å². The third kappa shape index (κ3) is 4.50. The summed E-state index contributed by atoms with van der Waals surface area (Å²) in [6, 6.07) is 11.6. The molecule has 5 heteroatoms. The maximum atomic E-state index is 13.7. The summed E-state index contributed by atoms with van der Waals surface area (Å²) in [5.41, 5.74) is 2.19. The quantitative estimate of drug-likeness (QED) is 0.482. The molecule has 2 rings (SSSR count). The van der Waals surface area contributed by atoms with Crippen LogP contribution in [0.4, 0.5) is 4.39 Å². The van der Waals surface area contributed by atoms with Crippen molar-refractivity contribution in [2.75, 3.05) is 6.54 Å². The first-order valence-corrected chi connectivity index (χ1v) is 9.30. The smallest absolute Gasteiger partial charge is 0.137 e. The van der Waals surface area contributed by atoms with Gasteiger partial charge in [0.2, 0.25) is 0 Å². The van der Waals surface area contributed by atoms with Crippen molar-refractivity contribution in [3.63, 3.8) is 0 Å². The van der Waals surface area contributed by atoms with Gasteiger partial charge in [0.05, 0.1) is 4.47 Å². The van der Waals surface area contributed by atoms with Gasteiger partial charge in [-0.05, 0) is 86.9 Å². The van der Waals surface area contributed by atoms with Crippen molar-refractivity contribution < 1.29 is 4.39 Å². The molecule has 0 radical (unpaired) electrons. The van der Waals surface area contributed by atoms with Crippen LogP contribution in [0.25, 0.3) is 0 Å². The van der Waals surface area contributed by atoms with E-state index < -0.39 is 0 Å². The second-order valence-electron chi connectivity index (χ2n) is 4.69. The number of halogens is 4. The molecule has 0 aliphatic carbocycles. The zero-order chi connectivity index (χ0) is 15.4. The summed E-state index contributed by atoms with van der Waals surface area (Å²) in [6.45, 7) is 2.94. The lowest BCUT2D eigenvalue weighted by atomic mass is 9.99. The SMILES string of the molecule is CCNC(Cc1cccc(F)c1Br)c1cc(Br)ccc1I. The van der Waals surface area contributed by atoms with Crippen LogP contribution in [0.3, 0.4) is 0 Å². The van der Waals surface area contributed by atoms with E-state index in [2.05, 4.69) is 78.8 Å². The molecular weight excluding hydrogens is 512 g/mol. The molecule has 0 saturated carbocycles. The van der Waals surface area contributed by atoms with Crippen LogP contribution in [0.15, 0.2) is 45.3 Å². The summed E-state index contributed by atoms with van der Waals surface area (Å²) in [6.07, 6.45) is 0.735. The van der Waals surface area contributed by atoms with Gasteiger partial charge in [-0.15, -0.1) is 0 Å². The van der Waals surface area contributed by atoms with Gasteiger partial charge in [0.15, 0.2) is 0 Å². The second kappa shape index (κ2) is 8.04. The normalized spacial score (nSPS) is 12.4. The number of rotatable bonds is 5. The molecule has 1 nitrogen and oxygen atoms in total. The summed E-state index contributed by atoms with van der Waals surface area (Å²) >= 11 is 9.22. The van der Waals surface area contributed by atoms with E-state index in [0.29, 0.717) is 4.47 Å². The molecule has 21 heavy (non-hydrogen) atoms. The third-order valence-corrected chi connectivity index (χ3v) is 5.60. The summed E-state index contributed by atoms with van der Waals surface area (Å²) in [4.78, 5) is 0. The third-order valence-electron chi connectivity index (χ3n) is 3.24. The van der Waals surface area contributed by atoms with Crippen molar-refractivity contribution in [3.8, 4) is 0 Å². The summed E-state index contributed by atoms with van der Waals surface area (Å²) in [5.74, 6) is -0.216. The van der Waals surface area contributed by atoms with Crippen LogP contribution in [0, 0.1) is 9.39 Å². The Kier molecular flexibility index (Phi) is 6.65. The number of hydrogen-bond acceptors (Lipinski definition) is 1. The van der Waals surface area contributed by atoms with Crippen molar-refractivity contribution in [3.05, 3.63) is 65.9 Å². The largest absolute Gasteiger partial charge is 0.310 e. The van der Waals surface area contributed by atoms with E-state index in [9.17, 15) is 4.39 Å². The molecule has 112 valence electrons. The minimum absolute atomic E-state index is 0.150. The van der Waals surface area contributed by atoms with E-state index in [0.717, 1.165) is 23.0 Å². The Hall–Kier alpha value is 0.0200. The fourth-order valence-corrected chi connectivity index (χ4v) is 3.76. The topological polar surface area (TPSA) is 12.0 Å². The van der Waals surface area contributed by atoms with Crippen LogP contribution in [0.1, 0.15) is 24.1 Å². The lowest BCUT2D eigenvalue weighted by Gasteiger charge is -2.21. The molecule has 0 spiro atoms. The van der Waals surface area contributed by atoms with Crippen molar-refractivity contribution in [2.45, 2.75) is 19.4 Å². The lowest BCUT2D eigenvalue weighted by molar-refractivity contribution is 0.542. The van der Waals surface area contributed by atoms with E-state index in [1.54, 1.807) is 6.07 Å². The predicted molar refractivity (Wildman–Crippen MR) is 101 cm³/mol. The first-order chi connectivity index (χ1) is 10.0. The van der Waals surface area contributed by atoms with Crippen LogP contribution in [-0.4, -0.2) is 6.54 Å². The molecule has 0 aliphatic rings. The highest BCUT2D eigenvalue weighted by Gasteiger charge is 2.17. The number of benzene rings is 2. The highest BCUT2D eigenvalue weighted by molar-refractivity contribution is 14.1. The molecule has 1 atom stereocenters. The maximum Gasteiger partial charge on any atom is 0.137 e. The van der Waals surface area contributed by atoms with Crippen molar-refractivity contribution in [2.24, 2.45) is 0 Å². The molecule has 0 saturated heterocycles. The Balaban J connectivity index is 2.35. The monoisotopic (exact) mass is 525 g/mol. The van der Waals surface area contributed by atoms with E-state index in [1.807, 2.05) is 12.1 Å². The molecule has 0 heterocycles. The lowest BCUT2D eigenvalue weighted by Crippen LogP contribution is -2.24. The Morgan fingerprint density at radius 2 is 2.00 bits per heavy atom. The van der Waals surface area contributed by atoms with Crippen molar-refractivity contribution >= 4 is 54.5 Å². The first kappa shape index (κ1) is 17.4. The molecule has 2 aromatic rings. The van der Waals surface area contributed by atoms with Crippen LogP contribution >= 0.6 is 54.5 Å². The molecule has 0 amide bonds. The van der Waals surface area contributed by atoms with Gasteiger partial charge >= 0.3 is 0 Å². The van der Waals surface area contributed by atoms with Gasteiger partial charge in [0, 0.05) is 14.1 Å². The molecule has 2 aromatic carbocycles. The Labute approximate surface area is 155 Å². The Morgan fingerprint density at radius 1 is 1.24 bits per heavy atom. The van der Waals surface area contributed by atoms with Crippen molar-refractivity contribution in [1.82, 2.24) is 5.32 Å². The standard InChI is InChI=1S/C16H15Br2FIN/c1-2-21-15(12-9-11(17)6-7-14(12)20)8-10-4-3-5-13(19)16(10)18/h3-7,9,15,21H,2,8H2,1H3. The van der Waals surface area contributed by atoms with Gasteiger partial charge in [0.1, 0.15) is 5.82 Å². The van der Waals surface area contributed by atoms with Crippen molar-refractivity contribution in [1.29, 1.82) is 0 Å². The van der Waals surface area contributed by atoms with E-state index in [-0.39, 0.29) is 11.9 Å². The minimum atomic E-state index is -0.216. The fourth-order valence-electron chi connectivity index (χ4n) is 2.25. The van der Waals surface area contributed by atoms with Gasteiger partial charge in [-0.3, -0.25) is 0 Å². The second-order valence-corrected chi connectivity index (χ2v) is 7.56. The summed E-state index contributed by atoms with van der Waals surface area (Å²) < 4.78 is 16.5. The van der Waals surface area contributed by atoms with Gasteiger partial charge in [0.25, 0.3) is 0 Å². The predicted octanol–water partition coefficient (Wildman–Crippen LogP) is 5.85. The number of likely N-dealkylation sites (N-methyl/N-ethyl adjacent to an activating group) is 1. The molecule has 0 fully saturated rings. The zero-order valence-corrected chi connectivity index (χ0v) is 16.8.